The average molecular weight is 286 g/mol. The lowest BCUT2D eigenvalue weighted by Crippen LogP contribution is -2.00. The highest BCUT2D eigenvalue weighted by molar-refractivity contribution is 6.09. The number of Topliss-reactive ketones (excluding diaryl/α,β-unsaturated/α-hetero) is 1. The number of carbonyl (C=O) groups excluding carboxylic acids is 1. The van der Waals surface area contributed by atoms with Crippen molar-refractivity contribution in [2.75, 3.05) is 0 Å². The lowest BCUT2D eigenvalue weighted by Gasteiger charge is -2.12. The molecule has 0 atom stereocenters. The first-order chi connectivity index (χ1) is 10.1. The van der Waals surface area contributed by atoms with Crippen LogP contribution in [0.15, 0.2) is 24.3 Å². The first-order valence-electron chi connectivity index (χ1n) is 7.59. The normalized spacial score (nSPS) is 11.0. The predicted octanol–water partition coefficient (Wildman–Crippen LogP) is 4.58. The molecule has 0 saturated carbocycles. The van der Waals surface area contributed by atoms with Gasteiger partial charge < -0.3 is 10.2 Å². The molecule has 0 aliphatic heterocycles. The van der Waals surface area contributed by atoms with Crippen molar-refractivity contribution in [2.45, 2.75) is 46.0 Å². The fourth-order valence-corrected chi connectivity index (χ4v) is 2.65. The summed E-state index contributed by atoms with van der Waals surface area (Å²) in [7, 11) is 0. The molecule has 112 valence electrons. The second-order valence-corrected chi connectivity index (χ2v) is 5.39. The highest BCUT2D eigenvalue weighted by atomic mass is 16.3. The van der Waals surface area contributed by atoms with Crippen LogP contribution in [0.2, 0.25) is 0 Å². The number of aromatic hydroxyl groups is 2. The van der Waals surface area contributed by atoms with E-state index in [0.717, 1.165) is 42.0 Å². The number of aryl methyl sites for hydroxylation is 1. The molecule has 0 spiro atoms. The predicted molar refractivity (Wildman–Crippen MR) is 85.1 cm³/mol. The molecule has 0 saturated heterocycles. The highest BCUT2D eigenvalue weighted by Gasteiger charge is 2.14. The number of phenols is 2. The van der Waals surface area contributed by atoms with Gasteiger partial charge in [0.15, 0.2) is 17.3 Å². The van der Waals surface area contributed by atoms with E-state index in [1.807, 2.05) is 19.1 Å². The van der Waals surface area contributed by atoms with Crippen LogP contribution < -0.4 is 0 Å². The van der Waals surface area contributed by atoms with Gasteiger partial charge in [0.2, 0.25) is 0 Å². The van der Waals surface area contributed by atoms with Crippen LogP contribution in [0.3, 0.4) is 0 Å². The van der Waals surface area contributed by atoms with Gasteiger partial charge >= 0.3 is 0 Å². The molecule has 0 aliphatic rings. The molecular weight excluding hydrogens is 264 g/mol. The number of unbranched alkanes of at least 4 members (excludes halogenated alkanes) is 2. The van der Waals surface area contributed by atoms with Gasteiger partial charge in [-0.2, -0.15) is 0 Å². The second kappa shape index (κ2) is 6.61. The summed E-state index contributed by atoms with van der Waals surface area (Å²) in [5, 5.41) is 21.1. The topological polar surface area (TPSA) is 57.5 Å². The Morgan fingerprint density at radius 1 is 1.00 bits per heavy atom. The van der Waals surface area contributed by atoms with Crippen molar-refractivity contribution in [1.29, 1.82) is 0 Å². The SMILES string of the molecule is CCCCCc1ccc(C(=O)CC)c2cc(O)c(O)cc12. The molecule has 2 aromatic carbocycles. The Kier molecular flexibility index (Phi) is 4.84. The molecule has 0 fully saturated rings. The van der Waals surface area contributed by atoms with Crippen LogP contribution in [-0.4, -0.2) is 16.0 Å². The summed E-state index contributed by atoms with van der Waals surface area (Å²) < 4.78 is 0. The minimum Gasteiger partial charge on any atom is -0.504 e. The Morgan fingerprint density at radius 2 is 1.67 bits per heavy atom. The van der Waals surface area contributed by atoms with Crippen LogP contribution in [0.25, 0.3) is 10.8 Å². The maximum absolute atomic E-state index is 12.1. The van der Waals surface area contributed by atoms with Gasteiger partial charge in [-0.1, -0.05) is 38.8 Å². The van der Waals surface area contributed by atoms with E-state index in [-0.39, 0.29) is 17.3 Å². The van der Waals surface area contributed by atoms with E-state index in [9.17, 15) is 15.0 Å². The summed E-state index contributed by atoms with van der Waals surface area (Å²) in [6.07, 6.45) is 4.72. The number of hydrogen-bond acceptors (Lipinski definition) is 3. The molecule has 3 nitrogen and oxygen atoms in total. The smallest absolute Gasteiger partial charge is 0.163 e. The third-order valence-electron chi connectivity index (χ3n) is 3.87. The monoisotopic (exact) mass is 286 g/mol. The van der Waals surface area contributed by atoms with Crippen molar-refractivity contribution in [3.05, 3.63) is 35.4 Å². The Balaban J connectivity index is 2.57. The van der Waals surface area contributed by atoms with Crippen LogP contribution >= 0.6 is 0 Å². The fourth-order valence-electron chi connectivity index (χ4n) is 2.65. The molecule has 0 heterocycles. The number of benzene rings is 2. The molecule has 21 heavy (non-hydrogen) atoms. The number of hydrogen-bond donors (Lipinski definition) is 2. The first-order valence-corrected chi connectivity index (χ1v) is 7.59. The third-order valence-corrected chi connectivity index (χ3v) is 3.87. The van der Waals surface area contributed by atoms with Gasteiger partial charge in [0.05, 0.1) is 0 Å². The standard InChI is InChI=1S/C18H22O3/c1-3-5-6-7-12-8-9-13(16(19)4-2)15-11-18(21)17(20)10-14(12)15/h8-11,20-21H,3-7H2,1-2H3. The molecular formula is C18H22O3. The Hall–Kier alpha value is -2.03. The summed E-state index contributed by atoms with van der Waals surface area (Å²) in [5.74, 6) is -0.274. The minimum absolute atomic E-state index is 0.0465. The quantitative estimate of drug-likeness (QED) is 0.464. The third kappa shape index (κ3) is 3.18. The fraction of sp³-hybridized carbons (Fsp3) is 0.389. The summed E-state index contributed by atoms with van der Waals surface area (Å²) >= 11 is 0. The molecule has 0 bridgehead atoms. The number of phenolic OH excluding ortho intramolecular Hbond substituents is 2. The van der Waals surface area contributed by atoms with Crippen molar-refractivity contribution in [3.63, 3.8) is 0 Å². The Morgan fingerprint density at radius 3 is 2.29 bits per heavy atom. The molecule has 0 amide bonds. The zero-order valence-electron chi connectivity index (χ0n) is 12.6. The van der Waals surface area contributed by atoms with Crippen molar-refractivity contribution < 1.29 is 15.0 Å². The Labute approximate surface area is 125 Å². The van der Waals surface area contributed by atoms with E-state index in [1.54, 1.807) is 6.07 Å². The van der Waals surface area contributed by atoms with Crippen LogP contribution in [0.5, 0.6) is 11.5 Å². The number of fused-ring (bicyclic) bond motifs is 1. The number of rotatable bonds is 6. The molecule has 0 aliphatic carbocycles. The second-order valence-electron chi connectivity index (χ2n) is 5.39. The maximum Gasteiger partial charge on any atom is 0.163 e. The van der Waals surface area contributed by atoms with Crippen molar-refractivity contribution >= 4 is 16.6 Å². The van der Waals surface area contributed by atoms with Gasteiger partial charge in [0, 0.05) is 12.0 Å². The van der Waals surface area contributed by atoms with Crippen molar-refractivity contribution in [2.24, 2.45) is 0 Å². The number of ketones is 1. The van der Waals surface area contributed by atoms with E-state index in [0.29, 0.717) is 12.0 Å². The largest absolute Gasteiger partial charge is 0.504 e. The zero-order valence-corrected chi connectivity index (χ0v) is 12.6. The van der Waals surface area contributed by atoms with Gasteiger partial charge in [-0.25, -0.2) is 0 Å². The summed E-state index contributed by atoms with van der Waals surface area (Å²) in [6, 6.07) is 6.87. The van der Waals surface area contributed by atoms with Gasteiger partial charge in [-0.3, -0.25) is 4.79 Å². The maximum atomic E-state index is 12.1. The van der Waals surface area contributed by atoms with E-state index < -0.39 is 0 Å². The summed E-state index contributed by atoms with van der Waals surface area (Å²) in [5.41, 5.74) is 1.73. The van der Waals surface area contributed by atoms with Crippen LogP contribution in [0.1, 0.15) is 55.5 Å². The van der Waals surface area contributed by atoms with Crippen LogP contribution in [-0.2, 0) is 6.42 Å². The van der Waals surface area contributed by atoms with Gasteiger partial charge in [-0.05, 0) is 41.3 Å². The van der Waals surface area contributed by atoms with Crippen LogP contribution in [0, 0.1) is 0 Å². The average Bonchev–Trinajstić information content (AvgIpc) is 2.48. The van der Waals surface area contributed by atoms with E-state index in [2.05, 4.69) is 6.92 Å². The van der Waals surface area contributed by atoms with E-state index in [1.165, 1.54) is 6.07 Å². The molecule has 3 heteroatoms. The van der Waals surface area contributed by atoms with Gasteiger partial charge in [-0.15, -0.1) is 0 Å². The van der Waals surface area contributed by atoms with Crippen molar-refractivity contribution in [1.82, 2.24) is 0 Å². The zero-order chi connectivity index (χ0) is 15.4. The minimum atomic E-state index is -0.182. The summed E-state index contributed by atoms with van der Waals surface area (Å²) in [6.45, 7) is 3.98. The summed E-state index contributed by atoms with van der Waals surface area (Å²) in [4.78, 5) is 12.1. The lowest BCUT2D eigenvalue weighted by molar-refractivity contribution is 0.0989. The number of carbonyl (C=O) groups is 1. The van der Waals surface area contributed by atoms with E-state index >= 15 is 0 Å². The molecule has 2 rings (SSSR count). The molecule has 0 unspecified atom stereocenters. The Bertz CT molecular complexity index is 659. The van der Waals surface area contributed by atoms with E-state index in [4.69, 9.17) is 0 Å². The first kappa shape index (κ1) is 15.4. The lowest BCUT2D eigenvalue weighted by atomic mass is 9.93. The highest BCUT2D eigenvalue weighted by Crippen LogP contribution is 2.34. The molecule has 2 N–H and O–H groups in total. The van der Waals surface area contributed by atoms with Crippen molar-refractivity contribution in [3.8, 4) is 11.5 Å². The van der Waals surface area contributed by atoms with Gasteiger partial charge in [0.1, 0.15) is 0 Å². The molecule has 2 aromatic rings. The molecule has 0 radical (unpaired) electrons. The van der Waals surface area contributed by atoms with Gasteiger partial charge in [0.25, 0.3) is 0 Å². The molecule has 0 aromatic heterocycles. The van der Waals surface area contributed by atoms with Crippen LogP contribution in [0.4, 0.5) is 0 Å².